The van der Waals surface area contributed by atoms with Crippen molar-refractivity contribution < 1.29 is 4.39 Å². The van der Waals surface area contributed by atoms with Crippen molar-refractivity contribution in [1.29, 1.82) is 0 Å². The van der Waals surface area contributed by atoms with Gasteiger partial charge in [-0.25, -0.2) is 9.37 Å². The van der Waals surface area contributed by atoms with Gasteiger partial charge < -0.3 is 10.3 Å². The first-order chi connectivity index (χ1) is 9.65. The van der Waals surface area contributed by atoms with Crippen molar-refractivity contribution in [1.82, 2.24) is 9.55 Å². The number of benzene rings is 1. The summed E-state index contributed by atoms with van der Waals surface area (Å²) in [6, 6.07) is 3.50. The number of fused-ring (bicyclic) bond motifs is 6. The monoisotopic (exact) mass is 291 g/mol. The Balaban J connectivity index is 1.67. The number of imidazole rings is 1. The number of halogens is 2. The largest absolute Gasteiger partial charge is 0.369 e. The van der Waals surface area contributed by atoms with Crippen molar-refractivity contribution in [3.63, 3.8) is 0 Å². The molecule has 4 atom stereocenters. The summed E-state index contributed by atoms with van der Waals surface area (Å²) in [4.78, 5) is 4.36. The molecule has 20 heavy (non-hydrogen) atoms. The fourth-order valence-corrected chi connectivity index (χ4v) is 5.20. The van der Waals surface area contributed by atoms with Gasteiger partial charge in [-0.2, -0.15) is 0 Å². The van der Waals surface area contributed by atoms with Crippen LogP contribution in [-0.2, 0) is 0 Å². The van der Waals surface area contributed by atoms with Crippen molar-refractivity contribution >= 4 is 28.6 Å². The summed E-state index contributed by atoms with van der Waals surface area (Å²) in [7, 11) is 0. The third-order valence-corrected chi connectivity index (χ3v) is 6.04. The zero-order valence-corrected chi connectivity index (χ0v) is 11.6. The van der Waals surface area contributed by atoms with Crippen molar-refractivity contribution in [3.8, 4) is 0 Å². The molecule has 3 fully saturated rings. The average Bonchev–Trinajstić information content (AvgIpc) is 2.73. The normalized spacial score (nSPS) is 37.6. The molecular weight excluding hydrogens is 277 g/mol. The smallest absolute Gasteiger partial charge is 0.201 e. The van der Waals surface area contributed by atoms with Gasteiger partial charge >= 0.3 is 0 Å². The van der Waals surface area contributed by atoms with E-state index in [-0.39, 0.29) is 5.02 Å². The number of rotatable bonds is 1. The molecule has 3 nitrogen and oxygen atoms in total. The third-order valence-electron chi connectivity index (χ3n) is 5.75. The first-order valence-corrected chi connectivity index (χ1v) is 7.65. The molecule has 5 heteroatoms. The summed E-state index contributed by atoms with van der Waals surface area (Å²) in [5, 5.41) is 0.109. The highest BCUT2D eigenvalue weighted by molar-refractivity contribution is 6.31. The highest BCUT2D eigenvalue weighted by Crippen LogP contribution is 2.72. The first-order valence-electron chi connectivity index (χ1n) is 7.27. The molecule has 4 unspecified atom stereocenters. The number of hydrogen-bond donors (Lipinski definition) is 1. The lowest BCUT2D eigenvalue weighted by Crippen LogP contribution is -2.08. The molecule has 2 aromatic rings. The van der Waals surface area contributed by atoms with Gasteiger partial charge in [0.25, 0.3) is 0 Å². The number of aromatic nitrogens is 2. The molecule has 5 rings (SSSR count). The molecule has 0 aliphatic heterocycles. The second-order valence-electron chi connectivity index (χ2n) is 6.57. The third kappa shape index (κ3) is 1.24. The van der Waals surface area contributed by atoms with Crippen molar-refractivity contribution in [2.45, 2.75) is 25.3 Å². The fourth-order valence-electron chi connectivity index (χ4n) is 5.05. The molecule has 3 saturated carbocycles. The van der Waals surface area contributed by atoms with Gasteiger partial charge in [-0.1, -0.05) is 11.6 Å². The van der Waals surface area contributed by atoms with Crippen LogP contribution in [0.1, 0.15) is 25.3 Å². The van der Waals surface area contributed by atoms with Gasteiger partial charge in [-0.05, 0) is 49.0 Å². The summed E-state index contributed by atoms with van der Waals surface area (Å²) in [5.41, 5.74) is 7.59. The Labute approximate surface area is 120 Å². The molecule has 2 N–H and O–H groups in total. The molecular formula is C15H15ClFN3. The van der Waals surface area contributed by atoms with Gasteiger partial charge in [0.05, 0.1) is 16.1 Å². The van der Waals surface area contributed by atoms with E-state index in [1.807, 2.05) is 0 Å². The molecule has 1 heterocycles. The van der Waals surface area contributed by atoms with E-state index in [4.69, 9.17) is 17.3 Å². The molecule has 0 saturated heterocycles. The van der Waals surface area contributed by atoms with Crippen LogP contribution in [0.25, 0.3) is 11.0 Å². The van der Waals surface area contributed by atoms with Crippen LogP contribution in [0.3, 0.4) is 0 Å². The Morgan fingerprint density at radius 2 is 1.95 bits per heavy atom. The highest BCUT2D eigenvalue weighted by Gasteiger charge is 2.66. The van der Waals surface area contributed by atoms with Gasteiger partial charge in [0.15, 0.2) is 0 Å². The lowest BCUT2D eigenvalue weighted by molar-refractivity contribution is 0.456. The second kappa shape index (κ2) is 3.48. The molecule has 0 amide bonds. The maximum Gasteiger partial charge on any atom is 0.201 e. The Bertz CT molecular complexity index is 724. The molecule has 104 valence electrons. The minimum atomic E-state index is -0.394. The van der Waals surface area contributed by atoms with Crippen LogP contribution in [0, 0.1) is 29.5 Å². The second-order valence-corrected chi connectivity index (χ2v) is 6.98. The van der Waals surface area contributed by atoms with E-state index in [9.17, 15) is 4.39 Å². The molecule has 3 aliphatic rings. The Kier molecular flexibility index (Phi) is 1.98. The van der Waals surface area contributed by atoms with Crippen LogP contribution >= 0.6 is 11.6 Å². The Hall–Kier alpha value is -1.29. The summed E-state index contributed by atoms with van der Waals surface area (Å²) >= 11 is 5.83. The van der Waals surface area contributed by atoms with Gasteiger partial charge in [0.2, 0.25) is 5.95 Å². The number of anilines is 1. The predicted octanol–water partition coefficient (Wildman–Crippen LogP) is 3.63. The highest BCUT2D eigenvalue weighted by atomic mass is 35.5. The standard InChI is InChI=1S/C15H15ClFN3/c16-8-4-10-11(5-9(8)17)20(15(18)19-10)14-12-6-1-2-7(3-6)13(12)14/h4-7,12-14H,1-3H2,(H2,18,19). The molecule has 1 aromatic heterocycles. The summed E-state index contributed by atoms with van der Waals surface area (Å²) in [5.74, 6) is 3.29. The Morgan fingerprint density at radius 1 is 1.25 bits per heavy atom. The van der Waals surface area contributed by atoms with Gasteiger partial charge in [0.1, 0.15) is 5.82 Å². The van der Waals surface area contributed by atoms with E-state index in [2.05, 4.69) is 9.55 Å². The van der Waals surface area contributed by atoms with E-state index >= 15 is 0 Å². The first kappa shape index (κ1) is 11.4. The van der Waals surface area contributed by atoms with Crippen LogP contribution in [-0.4, -0.2) is 9.55 Å². The van der Waals surface area contributed by atoms with Crippen LogP contribution in [0.5, 0.6) is 0 Å². The van der Waals surface area contributed by atoms with Crippen molar-refractivity contribution in [3.05, 3.63) is 23.0 Å². The minimum absolute atomic E-state index is 0.109. The lowest BCUT2D eigenvalue weighted by Gasteiger charge is -2.12. The van der Waals surface area contributed by atoms with E-state index in [1.165, 1.54) is 25.3 Å². The van der Waals surface area contributed by atoms with Crippen LogP contribution < -0.4 is 5.73 Å². The number of hydrogen-bond acceptors (Lipinski definition) is 2. The number of nitrogens with two attached hydrogens (primary N) is 1. The van der Waals surface area contributed by atoms with Gasteiger partial charge in [-0.15, -0.1) is 0 Å². The molecule has 2 bridgehead atoms. The average molecular weight is 292 g/mol. The van der Waals surface area contributed by atoms with E-state index < -0.39 is 5.82 Å². The van der Waals surface area contributed by atoms with Crippen LogP contribution in [0.2, 0.25) is 5.02 Å². The zero-order valence-electron chi connectivity index (χ0n) is 10.9. The van der Waals surface area contributed by atoms with E-state index in [1.54, 1.807) is 6.07 Å². The molecule has 3 aliphatic carbocycles. The topological polar surface area (TPSA) is 43.8 Å². The maximum absolute atomic E-state index is 13.8. The van der Waals surface area contributed by atoms with Crippen LogP contribution in [0.4, 0.5) is 10.3 Å². The molecule has 0 spiro atoms. The zero-order chi connectivity index (χ0) is 13.6. The summed E-state index contributed by atoms with van der Waals surface area (Å²) in [6.07, 6.45) is 4.10. The molecule has 1 aromatic carbocycles. The SMILES string of the molecule is Nc1nc2cc(Cl)c(F)cc2n1C1C2C3CCC(C3)C21. The van der Waals surface area contributed by atoms with Crippen molar-refractivity contribution in [2.24, 2.45) is 23.7 Å². The van der Waals surface area contributed by atoms with Crippen molar-refractivity contribution in [2.75, 3.05) is 5.73 Å². The van der Waals surface area contributed by atoms with Gasteiger partial charge in [0, 0.05) is 12.1 Å². The van der Waals surface area contributed by atoms with E-state index in [0.717, 1.165) is 29.2 Å². The number of nitrogens with zero attached hydrogens (tertiary/aromatic N) is 2. The van der Waals surface area contributed by atoms with Crippen LogP contribution in [0.15, 0.2) is 12.1 Å². The van der Waals surface area contributed by atoms with E-state index in [0.29, 0.717) is 17.5 Å². The fraction of sp³-hybridized carbons (Fsp3) is 0.533. The quantitative estimate of drug-likeness (QED) is 0.872. The lowest BCUT2D eigenvalue weighted by atomic mass is 10.0. The summed E-state index contributed by atoms with van der Waals surface area (Å²) < 4.78 is 15.8. The number of nitrogen functional groups attached to an aromatic ring is 1. The predicted molar refractivity (Wildman–Crippen MR) is 76.0 cm³/mol. The Morgan fingerprint density at radius 3 is 2.65 bits per heavy atom. The minimum Gasteiger partial charge on any atom is -0.369 e. The molecule has 0 radical (unpaired) electrons. The maximum atomic E-state index is 13.8. The summed E-state index contributed by atoms with van der Waals surface area (Å²) in [6.45, 7) is 0. The van der Waals surface area contributed by atoms with Gasteiger partial charge in [-0.3, -0.25) is 0 Å².